The SMILES string of the molecule is C#CC(CCC)NC(CN)CC(C)(C)C. The van der Waals surface area contributed by atoms with Crippen LogP contribution in [0, 0.1) is 17.8 Å². The Morgan fingerprint density at radius 2 is 2.00 bits per heavy atom. The highest BCUT2D eigenvalue weighted by molar-refractivity contribution is 5.00. The van der Waals surface area contributed by atoms with Crippen LogP contribution in [0.2, 0.25) is 0 Å². The molecule has 0 spiro atoms. The van der Waals surface area contributed by atoms with Crippen LogP contribution < -0.4 is 11.1 Å². The fourth-order valence-corrected chi connectivity index (χ4v) is 1.74. The van der Waals surface area contributed by atoms with Crippen molar-refractivity contribution in [3.63, 3.8) is 0 Å². The fourth-order valence-electron chi connectivity index (χ4n) is 1.74. The summed E-state index contributed by atoms with van der Waals surface area (Å²) in [6, 6.07) is 0.503. The fraction of sp³-hybridized carbons (Fsp3) is 0.846. The first-order valence-corrected chi connectivity index (χ1v) is 5.85. The third-order valence-electron chi connectivity index (χ3n) is 2.36. The van der Waals surface area contributed by atoms with E-state index in [0.717, 1.165) is 19.3 Å². The predicted octanol–water partition coefficient (Wildman–Crippen LogP) is 2.14. The van der Waals surface area contributed by atoms with E-state index in [1.807, 2.05) is 0 Å². The van der Waals surface area contributed by atoms with Gasteiger partial charge in [0.15, 0.2) is 0 Å². The highest BCUT2D eigenvalue weighted by atomic mass is 15.0. The topological polar surface area (TPSA) is 38.0 Å². The zero-order chi connectivity index (χ0) is 11.9. The van der Waals surface area contributed by atoms with Crippen molar-refractivity contribution in [1.82, 2.24) is 5.32 Å². The summed E-state index contributed by atoms with van der Waals surface area (Å²) >= 11 is 0. The van der Waals surface area contributed by atoms with Gasteiger partial charge in [-0.1, -0.05) is 40.0 Å². The van der Waals surface area contributed by atoms with Crippen LogP contribution in [0.5, 0.6) is 0 Å². The van der Waals surface area contributed by atoms with Crippen LogP contribution in [-0.2, 0) is 0 Å². The van der Waals surface area contributed by atoms with Gasteiger partial charge in [-0.2, -0.15) is 0 Å². The van der Waals surface area contributed by atoms with Gasteiger partial charge in [0.2, 0.25) is 0 Å². The monoisotopic (exact) mass is 210 g/mol. The second kappa shape index (κ2) is 6.87. The molecular formula is C13H26N2. The molecular weight excluding hydrogens is 184 g/mol. The molecule has 0 aliphatic rings. The van der Waals surface area contributed by atoms with Gasteiger partial charge in [0.1, 0.15) is 0 Å². The van der Waals surface area contributed by atoms with Crippen LogP contribution in [0.4, 0.5) is 0 Å². The van der Waals surface area contributed by atoms with E-state index in [1.165, 1.54) is 0 Å². The van der Waals surface area contributed by atoms with Crippen LogP contribution in [0.1, 0.15) is 47.0 Å². The largest absolute Gasteiger partial charge is 0.329 e. The Hall–Kier alpha value is -0.520. The second-order valence-electron chi connectivity index (χ2n) is 5.37. The molecule has 0 fully saturated rings. The Kier molecular flexibility index (Phi) is 6.63. The minimum atomic E-state index is 0.172. The Morgan fingerprint density at radius 1 is 1.40 bits per heavy atom. The zero-order valence-corrected chi connectivity index (χ0v) is 10.6. The average Bonchev–Trinajstić information content (AvgIpc) is 2.13. The average molecular weight is 210 g/mol. The molecule has 15 heavy (non-hydrogen) atoms. The summed E-state index contributed by atoms with van der Waals surface area (Å²) < 4.78 is 0. The highest BCUT2D eigenvalue weighted by Gasteiger charge is 2.19. The molecule has 2 unspecified atom stereocenters. The molecule has 0 aromatic rings. The van der Waals surface area contributed by atoms with E-state index in [1.54, 1.807) is 0 Å². The van der Waals surface area contributed by atoms with Gasteiger partial charge in [0.05, 0.1) is 6.04 Å². The van der Waals surface area contributed by atoms with Gasteiger partial charge in [-0.3, -0.25) is 5.32 Å². The first kappa shape index (κ1) is 14.5. The van der Waals surface area contributed by atoms with E-state index >= 15 is 0 Å². The summed E-state index contributed by atoms with van der Waals surface area (Å²) in [5.74, 6) is 2.79. The number of nitrogens with one attached hydrogen (secondary N) is 1. The van der Waals surface area contributed by atoms with E-state index in [9.17, 15) is 0 Å². The maximum absolute atomic E-state index is 5.75. The smallest absolute Gasteiger partial charge is 0.0689 e. The standard InChI is InChI=1S/C13H26N2/c1-6-8-11(7-2)15-12(10-14)9-13(3,4)5/h2,11-12,15H,6,8-10,14H2,1,3-5H3. The molecule has 3 N–H and O–H groups in total. The minimum absolute atomic E-state index is 0.172. The van der Waals surface area contributed by atoms with Gasteiger partial charge in [-0.05, 0) is 18.3 Å². The molecule has 0 aromatic heterocycles. The van der Waals surface area contributed by atoms with Gasteiger partial charge in [-0.15, -0.1) is 6.42 Å². The molecule has 0 aromatic carbocycles. The third-order valence-corrected chi connectivity index (χ3v) is 2.36. The van der Waals surface area contributed by atoms with E-state index in [-0.39, 0.29) is 6.04 Å². The van der Waals surface area contributed by atoms with E-state index < -0.39 is 0 Å². The molecule has 0 radical (unpaired) electrons. The third kappa shape index (κ3) is 7.41. The molecule has 0 aliphatic carbocycles. The summed E-state index contributed by atoms with van der Waals surface area (Å²) in [5, 5.41) is 3.45. The Bertz CT molecular complexity index is 198. The van der Waals surface area contributed by atoms with Crippen molar-refractivity contribution in [3.8, 4) is 12.3 Å². The van der Waals surface area contributed by atoms with Crippen molar-refractivity contribution >= 4 is 0 Å². The lowest BCUT2D eigenvalue weighted by Crippen LogP contribution is -2.44. The Morgan fingerprint density at radius 3 is 2.33 bits per heavy atom. The van der Waals surface area contributed by atoms with Gasteiger partial charge < -0.3 is 5.73 Å². The zero-order valence-electron chi connectivity index (χ0n) is 10.6. The molecule has 0 aliphatic heterocycles. The van der Waals surface area contributed by atoms with Crippen molar-refractivity contribution in [2.75, 3.05) is 6.54 Å². The predicted molar refractivity (Wildman–Crippen MR) is 67.6 cm³/mol. The van der Waals surface area contributed by atoms with Gasteiger partial charge in [0, 0.05) is 12.6 Å². The summed E-state index contributed by atoms with van der Waals surface area (Å²) in [6.45, 7) is 9.47. The lowest BCUT2D eigenvalue weighted by atomic mass is 9.87. The normalized spacial score (nSPS) is 15.7. The van der Waals surface area contributed by atoms with Crippen molar-refractivity contribution < 1.29 is 0 Å². The number of nitrogens with two attached hydrogens (primary N) is 1. The van der Waals surface area contributed by atoms with Crippen molar-refractivity contribution in [2.24, 2.45) is 11.1 Å². The van der Waals surface area contributed by atoms with Crippen LogP contribution in [0.25, 0.3) is 0 Å². The Balaban J connectivity index is 4.14. The quantitative estimate of drug-likeness (QED) is 0.659. The van der Waals surface area contributed by atoms with Gasteiger partial charge >= 0.3 is 0 Å². The number of hydrogen-bond acceptors (Lipinski definition) is 2. The lowest BCUT2D eigenvalue weighted by molar-refractivity contribution is 0.301. The highest BCUT2D eigenvalue weighted by Crippen LogP contribution is 2.20. The molecule has 2 heteroatoms. The Labute approximate surface area is 95.0 Å². The maximum Gasteiger partial charge on any atom is 0.0689 e. The van der Waals surface area contributed by atoms with Crippen molar-refractivity contribution in [2.45, 2.75) is 59.0 Å². The molecule has 0 saturated heterocycles. The van der Waals surface area contributed by atoms with Crippen molar-refractivity contribution in [1.29, 1.82) is 0 Å². The second-order valence-corrected chi connectivity index (χ2v) is 5.37. The first-order chi connectivity index (χ1) is 6.92. The molecule has 0 heterocycles. The molecule has 0 bridgehead atoms. The summed E-state index contributed by atoms with van der Waals surface area (Å²) in [4.78, 5) is 0. The lowest BCUT2D eigenvalue weighted by Gasteiger charge is -2.28. The van der Waals surface area contributed by atoms with E-state index in [0.29, 0.717) is 18.0 Å². The van der Waals surface area contributed by atoms with E-state index in [2.05, 4.69) is 38.9 Å². The summed E-state index contributed by atoms with van der Waals surface area (Å²) in [7, 11) is 0. The summed E-state index contributed by atoms with van der Waals surface area (Å²) in [5.41, 5.74) is 6.04. The first-order valence-electron chi connectivity index (χ1n) is 5.85. The van der Waals surface area contributed by atoms with Crippen LogP contribution in [0.3, 0.4) is 0 Å². The van der Waals surface area contributed by atoms with Crippen molar-refractivity contribution in [3.05, 3.63) is 0 Å². The van der Waals surface area contributed by atoms with Gasteiger partial charge in [-0.25, -0.2) is 0 Å². The number of rotatable bonds is 6. The van der Waals surface area contributed by atoms with Crippen LogP contribution in [-0.4, -0.2) is 18.6 Å². The van der Waals surface area contributed by atoms with Crippen LogP contribution in [0.15, 0.2) is 0 Å². The molecule has 2 atom stereocenters. The maximum atomic E-state index is 5.75. The number of terminal acetylenes is 1. The van der Waals surface area contributed by atoms with E-state index in [4.69, 9.17) is 12.2 Å². The molecule has 2 nitrogen and oxygen atoms in total. The van der Waals surface area contributed by atoms with Crippen LogP contribution >= 0.6 is 0 Å². The minimum Gasteiger partial charge on any atom is -0.329 e. The molecule has 0 amide bonds. The number of hydrogen-bond donors (Lipinski definition) is 2. The molecule has 0 saturated carbocycles. The van der Waals surface area contributed by atoms with Gasteiger partial charge in [0.25, 0.3) is 0 Å². The summed E-state index contributed by atoms with van der Waals surface area (Å²) in [6.07, 6.45) is 8.66. The molecule has 88 valence electrons. The molecule has 0 rings (SSSR count).